The number of hydrogen-bond acceptors (Lipinski definition) is 5. The Morgan fingerprint density at radius 2 is 1.69 bits per heavy atom. The molecule has 0 fully saturated rings. The first-order valence-electron chi connectivity index (χ1n) is 9.68. The Kier molecular flexibility index (Phi) is 7.27. The number of methoxy groups -OCH3 is 1. The number of sulfonamides is 1. The van der Waals surface area contributed by atoms with Crippen molar-refractivity contribution >= 4 is 38.9 Å². The van der Waals surface area contributed by atoms with Gasteiger partial charge in [-0.1, -0.05) is 23.7 Å². The summed E-state index contributed by atoms with van der Waals surface area (Å²) in [5, 5.41) is 3.14. The molecule has 0 unspecified atom stereocenters. The van der Waals surface area contributed by atoms with Crippen molar-refractivity contribution in [3.63, 3.8) is 0 Å². The second-order valence-electron chi connectivity index (χ2n) is 7.02. The summed E-state index contributed by atoms with van der Waals surface area (Å²) in [5.74, 6) is 0.736. The number of carbonyl (C=O) groups excluding carboxylic acids is 1. The van der Waals surface area contributed by atoms with Gasteiger partial charge in [-0.2, -0.15) is 0 Å². The number of carbonyl (C=O) groups is 1. The number of nitrogens with one attached hydrogen (secondary N) is 2. The zero-order chi connectivity index (χ0) is 23.3. The molecule has 2 N–H and O–H groups in total. The summed E-state index contributed by atoms with van der Waals surface area (Å²) < 4.78 is 38.7. The van der Waals surface area contributed by atoms with Gasteiger partial charge in [0.2, 0.25) is 0 Å². The molecule has 0 aromatic heterocycles. The van der Waals surface area contributed by atoms with Crippen LogP contribution in [0.3, 0.4) is 0 Å². The SMILES string of the molecule is COc1cccc(O[C@@H](C)C(=O)Nc2ccc(S(=O)(=O)Nc3cc(Cl)ccc3C)cc2)c1. The van der Waals surface area contributed by atoms with E-state index in [1.165, 1.54) is 24.3 Å². The average Bonchev–Trinajstić information content (AvgIpc) is 2.76. The molecule has 0 aliphatic carbocycles. The zero-order valence-electron chi connectivity index (χ0n) is 17.8. The lowest BCUT2D eigenvalue weighted by atomic mass is 10.2. The minimum Gasteiger partial charge on any atom is -0.497 e. The molecule has 1 atom stereocenters. The van der Waals surface area contributed by atoms with Crippen molar-refractivity contribution in [3.05, 3.63) is 77.3 Å². The summed E-state index contributed by atoms with van der Waals surface area (Å²) in [6.07, 6.45) is -0.780. The Bertz CT molecular complexity index is 1210. The van der Waals surface area contributed by atoms with Gasteiger partial charge in [0.05, 0.1) is 17.7 Å². The van der Waals surface area contributed by atoms with E-state index in [0.717, 1.165) is 5.56 Å². The van der Waals surface area contributed by atoms with Crippen LogP contribution in [0, 0.1) is 6.92 Å². The van der Waals surface area contributed by atoms with E-state index in [2.05, 4.69) is 10.0 Å². The lowest BCUT2D eigenvalue weighted by Crippen LogP contribution is -2.30. The Hall–Kier alpha value is -3.23. The third-order valence-electron chi connectivity index (χ3n) is 4.60. The number of halogens is 1. The number of hydrogen-bond donors (Lipinski definition) is 2. The minimum absolute atomic E-state index is 0.0514. The van der Waals surface area contributed by atoms with Crippen LogP contribution < -0.4 is 19.5 Å². The molecule has 7 nitrogen and oxygen atoms in total. The molecular weight excluding hydrogens is 452 g/mol. The third kappa shape index (κ3) is 5.93. The van der Waals surface area contributed by atoms with Crippen LogP contribution in [-0.4, -0.2) is 27.5 Å². The highest BCUT2D eigenvalue weighted by atomic mass is 35.5. The maximum atomic E-state index is 12.7. The fourth-order valence-electron chi connectivity index (χ4n) is 2.80. The lowest BCUT2D eigenvalue weighted by Gasteiger charge is -2.15. The van der Waals surface area contributed by atoms with E-state index >= 15 is 0 Å². The van der Waals surface area contributed by atoms with E-state index in [0.29, 0.717) is 27.9 Å². The van der Waals surface area contributed by atoms with Gasteiger partial charge in [-0.15, -0.1) is 0 Å². The second-order valence-corrected chi connectivity index (χ2v) is 9.14. The number of benzene rings is 3. The van der Waals surface area contributed by atoms with Crippen LogP contribution in [0.15, 0.2) is 71.6 Å². The van der Waals surface area contributed by atoms with Crippen LogP contribution >= 0.6 is 11.6 Å². The van der Waals surface area contributed by atoms with Gasteiger partial charge >= 0.3 is 0 Å². The van der Waals surface area contributed by atoms with Crippen LogP contribution in [0.25, 0.3) is 0 Å². The van der Waals surface area contributed by atoms with Crippen molar-refractivity contribution in [3.8, 4) is 11.5 Å². The summed E-state index contributed by atoms with van der Waals surface area (Å²) in [5.41, 5.74) is 1.58. The zero-order valence-corrected chi connectivity index (χ0v) is 19.3. The van der Waals surface area contributed by atoms with Gasteiger partial charge in [0.15, 0.2) is 6.10 Å². The molecule has 9 heteroatoms. The molecule has 3 aromatic rings. The monoisotopic (exact) mass is 474 g/mol. The van der Waals surface area contributed by atoms with Crippen molar-refractivity contribution in [1.82, 2.24) is 0 Å². The molecule has 0 radical (unpaired) electrons. The predicted octanol–water partition coefficient (Wildman–Crippen LogP) is 4.86. The number of aryl methyl sites for hydroxylation is 1. The molecule has 1 amide bonds. The van der Waals surface area contributed by atoms with Gasteiger partial charge in [-0.25, -0.2) is 8.42 Å². The van der Waals surface area contributed by atoms with Gasteiger partial charge in [0.25, 0.3) is 15.9 Å². The fraction of sp³-hybridized carbons (Fsp3) is 0.174. The molecule has 32 heavy (non-hydrogen) atoms. The van der Waals surface area contributed by atoms with E-state index in [-0.39, 0.29) is 10.8 Å². The molecule has 0 spiro atoms. The maximum absolute atomic E-state index is 12.7. The summed E-state index contributed by atoms with van der Waals surface area (Å²) in [6.45, 7) is 3.40. The molecule has 0 aliphatic heterocycles. The normalized spacial score (nSPS) is 12.0. The number of ether oxygens (including phenoxy) is 2. The van der Waals surface area contributed by atoms with Gasteiger partial charge in [-0.3, -0.25) is 9.52 Å². The summed E-state index contributed by atoms with van der Waals surface area (Å²) in [7, 11) is -2.27. The molecular formula is C23H23ClN2O5S. The second kappa shape index (κ2) is 9.93. The first kappa shape index (κ1) is 23.4. The fourth-order valence-corrected chi connectivity index (χ4v) is 4.10. The average molecular weight is 475 g/mol. The van der Waals surface area contributed by atoms with E-state index < -0.39 is 16.1 Å². The highest BCUT2D eigenvalue weighted by Crippen LogP contribution is 2.24. The van der Waals surface area contributed by atoms with Gasteiger partial charge in [0.1, 0.15) is 11.5 Å². The maximum Gasteiger partial charge on any atom is 0.265 e. The molecule has 168 valence electrons. The summed E-state index contributed by atoms with van der Waals surface area (Å²) >= 11 is 5.96. The van der Waals surface area contributed by atoms with Gasteiger partial charge in [-0.05, 0) is 67.9 Å². The van der Waals surface area contributed by atoms with E-state index in [9.17, 15) is 13.2 Å². The van der Waals surface area contributed by atoms with Crippen molar-refractivity contribution in [2.24, 2.45) is 0 Å². The molecule has 0 bridgehead atoms. The largest absolute Gasteiger partial charge is 0.497 e. The van der Waals surface area contributed by atoms with Crippen LogP contribution in [0.1, 0.15) is 12.5 Å². The Balaban J connectivity index is 1.65. The van der Waals surface area contributed by atoms with Gasteiger partial charge < -0.3 is 14.8 Å². The van der Waals surface area contributed by atoms with E-state index in [1.807, 2.05) is 0 Å². The lowest BCUT2D eigenvalue weighted by molar-refractivity contribution is -0.122. The number of rotatable bonds is 8. The molecule has 3 aromatic carbocycles. The minimum atomic E-state index is -3.82. The number of anilines is 2. The first-order valence-corrected chi connectivity index (χ1v) is 11.5. The van der Waals surface area contributed by atoms with Crippen LogP contribution in [-0.2, 0) is 14.8 Å². The van der Waals surface area contributed by atoms with Crippen molar-refractivity contribution in [2.45, 2.75) is 24.8 Å². The predicted molar refractivity (Wildman–Crippen MR) is 125 cm³/mol. The van der Waals surface area contributed by atoms with Crippen LogP contribution in [0.4, 0.5) is 11.4 Å². The molecule has 0 saturated carbocycles. The van der Waals surface area contributed by atoms with Crippen molar-refractivity contribution < 1.29 is 22.7 Å². The van der Waals surface area contributed by atoms with Gasteiger partial charge in [0, 0.05) is 16.8 Å². The Morgan fingerprint density at radius 1 is 1.00 bits per heavy atom. The Morgan fingerprint density at radius 3 is 2.38 bits per heavy atom. The highest BCUT2D eigenvalue weighted by molar-refractivity contribution is 7.92. The van der Waals surface area contributed by atoms with E-state index in [4.69, 9.17) is 21.1 Å². The van der Waals surface area contributed by atoms with Crippen LogP contribution in [0.5, 0.6) is 11.5 Å². The Labute approximate surface area is 192 Å². The smallest absolute Gasteiger partial charge is 0.265 e. The van der Waals surface area contributed by atoms with Crippen LogP contribution in [0.2, 0.25) is 5.02 Å². The highest BCUT2D eigenvalue weighted by Gasteiger charge is 2.18. The summed E-state index contributed by atoms with van der Waals surface area (Å²) in [6, 6.07) is 17.7. The molecule has 0 saturated heterocycles. The van der Waals surface area contributed by atoms with Crippen molar-refractivity contribution in [1.29, 1.82) is 0 Å². The quantitative estimate of drug-likeness (QED) is 0.486. The number of amides is 1. The standard InChI is InChI=1S/C23H23ClN2O5S/c1-15-7-8-17(24)13-22(15)26-32(28,29)21-11-9-18(10-12-21)25-23(27)16(2)31-20-6-4-5-19(14-20)30-3/h4-14,16,26H,1-3H3,(H,25,27)/t16-/m0/s1. The molecule has 3 rings (SSSR count). The van der Waals surface area contributed by atoms with Crippen molar-refractivity contribution in [2.75, 3.05) is 17.1 Å². The molecule has 0 heterocycles. The molecule has 0 aliphatic rings. The third-order valence-corrected chi connectivity index (χ3v) is 6.22. The summed E-state index contributed by atoms with van der Waals surface area (Å²) in [4.78, 5) is 12.5. The van der Waals surface area contributed by atoms with E-state index in [1.54, 1.807) is 63.4 Å². The topological polar surface area (TPSA) is 93.7 Å². The first-order chi connectivity index (χ1) is 15.2.